The number of hydrogen-bond donors (Lipinski definition) is 1. The number of nitrogens with zero attached hydrogens (tertiary/aromatic N) is 3. The first kappa shape index (κ1) is 38.6. The van der Waals surface area contributed by atoms with Crippen molar-refractivity contribution in [3.63, 3.8) is 0 Å². The minimum atomic E-state index is -3.92. The summed E-state index contributed by atoms with van der Waals surface area (Å²) in [6, 6.07) is 28.3. The first-order valence-corrected chi connectivity index (χ1v) is 24.2. The molecule has 0 bridgehead atoms. The second kappa shape index (κ2) is 16.1. The number of anilines is 3. The van der Waals surface area contributed by atoms with E-state index in [1.807, 2.05) is 91.5 Å². The fraction of sp³-hybridized carbons (Fsp3) is 0.273. The maximum absolute atomic E-state index is 13.5. The van der Waals surface area contributed by atoms with Crippen LogP contribution in [0.3, 0.4) is 0 Å². The van der Waals surface area contributed by atoms with Crippen LogP contribution in [0.4, 0.5) is 17.1 Å². The van der Waals surface area contributed by atoms with Gasteiger partial charge in [-0.1, -0.05) is 6.07 Å². The number of nitrogens with one attached hydrogen (secondary N) is 1. The molecule has 53 heavy (non-hydrogen) atoms. The Morgan fingerprint density at radius 3 is 1.83 bits per heavy atom. The average molecular weight is 838 g/mol. The molecule has 1 amide bonds. The standard InChI is InChI=1S/C23H22N2O2.C21H26N2.2ClH.Ru/c1-17(2)27-22-12-11-21(15-18(22)3)24-23(26)20-9-7-19(8-10-20)16-25-13-5-4-6-14-25;1-14-9-16(3)20(17(4)10-14)22-7-8-23(13-22)21-18(5)11-15(2)12-19(21)6;;;/h3-15,17H,16H2,1-2H3;9-12H,7-8H2,1-6H3;2*1H;/q;;;;+2/p-1. The Bertz CT molecular complexity index is 2170. The van der Waals surface area contributed by atoms with Crippen LogP contribution in [0.25, 0.3) is 0 Å². The van der Waals surface area contributed by atoms with Gasteiger partial charge < -0.3 is 0 Å². The fourth-order valence-electron chi connectivity index (χ4n) is 7.34. The topological polar surface area (TPSA) is 48.7 Å². The average Bonchev–Trinajstić information content (AvgIpc) is 3.50. The van der Waals surface area contributed by atoms with Crippen LogP contribution in [0.5, 0.6) is 5.75 Å². The molecular formula is C44H49Cl2N4O2Ru+. The summed E-state index contributed by atoms with van der Waals surface area (Å²) in [6.07, 6.45) is 3.97. The molecule has 1 fully saturated rings. The summed E-state index contributed by atoms with van der Waals surface area (Å²) in [5, 5.41) is 3.10. The third-order valence-electron chi connectivity index (χ3n) is 9.23. The Hall–Kier alpha value is -4.16. The van der Waals surface area contributed by atoms with Gasteiger partial charge in [0, 0.05) is 12.1 Å². The van der Waals surface area contributed by atoms with Crippen LogP contribution >= 0.6 is 19.4 Å². The van der Waals surface area contributed by atoms with Crippen molar-refractivity contribution in [3.8, 4) is 5.75 Å². The molecule has 1 saturated heterocycles. The zero-order valence-electron chi connectivity index (χ0n) is 31.8. The number of halogens is 2. The summed E-state index contributed by atoms with van der Waals surface area (Å²) in [7, 11) is 15.6. The van der Waals surface area contributed by atoms with Crippen molar-refractivity contribution in [2.24, 2.45) is 0 Å². The van der Waals surface area contributed by atoms with Crippen molar-refractivity contribution in [3.05, 3.63) is 147 Å². The van der Waals surface area contributed by atoms with Gasteiger partial charge in [-0.2, -0.15) is 0 Å². The number of ether oxygens (including phenoxy) is 1. The minimum absolute atomic E-state index is 0.0801. The van der Waals surface area contributed by atoms with E-state index < -0.39 is 11.9 Å². The molecule has 1 aliphatic rings. The molecule has 0 spiro atoms. The van der Waals surface area contributed by atoms with Gasteiger partial charge in [-0.15, -0.1) is 0 Å². The van der Waals surface area contributed by atoms with Gasteiger partial charge in [0.25, 0.3) is 0 Å². The van der Waals surface area contributed by atoms with Crippen molar-refractivity contribution in [1.29, 1.82) is 0 Å². The number of pyridine rings is 1. The summed E-state index contributed by atoms with van der Waals surface area (Å²) in [6.45, 7) is 19.1. The Kier molecular flexibility index (Phi) is 11.7. The van der Waals surface area contributed by atoms with E-state index in [9.17, 15) is 4.79 Å². The SMILES string of the molecule is Cc1cc(C)c(N2CCN(c3c(C)cc(C)cc3C)[C]2=[Ru]([Cl])([Cl])=[CH]c2cc(NC(=O)c3ccc(C[n+]4ccccc4)cc3)ccc2OC(C)C)c(C)c1. The van der Waals surface area contributed by atoms with Gasteiger partial charge in [-0.25, -0.2) is 0 Å². The van der Waals surface area contributed by atoms with Gasteiger partial charge in [0.05, 0.1) is 0 Å². The van der Waals surface area contributed by atoms with Crippen molar-refractivity contribution < 1.29 is 26.0 Å². The second-order valence-electron chi connectivity index (χ2n) is 14.2. The van der Waals surface area contributed by atoms with E-state index >= 15 is 0 Å². The van der Waals surface area contributed by atoms with E-state index in [0.29, 0.717) is 17.0 Å². The number of benzene rings is 4. The molecule has 0 unspecified atom stereocenters. The normalized spacial score (nSPS) is 13.5. The van der Waals surface area contributed by atoms with E-state index in [1.54, 1.807) is 0 Å². The molecule has 1 N–H and O–H groups in total. The van der Waals surface area contributed by atoms with Gasteiger partial charge in [-0.3, -0.25) is 0 Å². The molecular weight excluding hydrogens is 788 g/mol. The van der Waals surface area contributed by atoms with E-state index in [2.05, 4.69) is 85.5 Å². The van der Waals surface area contributed by atoms with Crippen LogP contribution in [0.1, 0.15) is 68.7 Å². The quantitative estimate of drug-likeness (QED) is 0.119. The van der Waals surface area contributed by atoms with Crippen molar-refractivity contribution in [2.45, 2.75) is 68.0 Å². The van der Waals surface area contributed by atoms with Gasteiger partial charge >= 0.3 is 296 Å². The number of aromatic nitrogens is 1. The molecule has 0 saturated carbocycles. The number of carbonyl (C=O) groups excluding carboxylic acids is 1. The van der Waals surface area contributed by atoms with E-state index in [-0.39, 0.29) is 12.0 Å². The molecule has 278 valence electrons. The Morgan fingerprint density at radius 2 is 1.32 bits per heavy atom. The molecule has 5 aromatic rings. The van der Waals surface area contributed by atoms with Crippen molar-refractivity contribution in [1.82, 2.24) is 0 Å². The van der Waals surface area contributed by atoms with Crippen LogP contribution in [-0.2, 0) is 18.4 Å². The number of rotatable bonds is 9. The van der Waals surface area contributed by atoms with E-state index in [0.717, 1.165) is 46.5 Å². The molecule has 1 aliphatic heterocycles. The number of amides is 1. The summed E-state index contributed by atoms with van der Waals surface area (Å²) in [5.74, 6) is 0.461. The first-order valence-electron chi connectivity index (χ1n) is 17.9. The third kappa shape index (κ3) is 8.81. The molecule has 9 heteroatoms. The van der Waals surface area contributed by atoms with Gasteiger partial charge in [0.1, 0.15) is 0 Å². The molecule has 1 aromatic heterocycles. The van der Waals surface area contributed by atoms with Crippen LogP contribution in [0.2, 0.25) is 0 Å². The predicted octanol–water partition coefficient (Wildman–Crippen LogP) is 9.64. The third-order valence-corrected chi connectivity index (χ3v) is 14.7. The summed E-state index contributed by atoms with van der Waals surface area (Å²) < 4.78 is 11.4. The number of hydrogen-bond acceptors (Lipinski definition) is 4. The van der Waals surface area contributed by atoms with Crippen LogP contribution in [0, 0.1) is 41.5 Å². The van der Waals surface area contributed by atoms with E-state index in [4.69, 9.17) is 24.1 Å². The number of aryl methyl sites for hydroxylation is 6. The molecule has 4 aromatic carbocycles. The van der Waals surface area contributed by atoms with Crippen LogP contribution in [0.15, 0.2) is 97.3 Å². The summed E-state index contributed by atoms with van der Waals surface area (Å²) in [4.78, 5) is 18.2. The van der Waals surface area contributed by atoms with Crippen molar-refractivity contribution in [2.75, 3.05) is 28.2 Å². The molecule has 0 atom stereocenters. The molecule has 6 rings (SSSR count). The Balaban J connectivity index is 1.44. The fourth-order valence-corrected chi connectivity index (χ4v) is 13.4. The zero-order chi connectivity index (χ0) is 38.0. The van der Waals surface area contributed by atoms with Crippen LogP contribution < -0.4 is 24.4 Å². The predicted molar refractivity (Wildman–Crippen MR) is 220 cm³/mol. The summed E-state index contributed by atoms with van der Waals surface area (Å²) >= 11 is -3.92. The zero-order valence-corrected chi connectivity index (χ0v) is 35.0. The Labute approximate surface area is 324 Å². The monoisotopic (exact) mass is 837 g/mol. The van der Waals surface area contributed by atoms with Gasteiger partial charge in [0.15, 0.2) is 12.4 Å². The molecule has 0 aliphatic carbocycles. The first-order chi connectivity index (χ1) is 25.2. The molecule has 0 radical (unpaired) electrons. The van der Waals surface area contributed by atoms with Gasteiger partial charge in [-0.05, 0) is 0 Å². The van der Waals surface area contributed by atoms with E-state index in [1.165, 1.54) is 33.4 Å². The van der Waals surface area contributed by atoms with Crippen molar-refractivity contribution >= 4 is 51.3 Å². The van der Waals surface area contributed by atoms with Crippen LogP contribution in [-0.4, -0.2) is 34.1 Å². The second-order valence-corrected chi connectivity index (χ2v) is 23.5. The molecule has 6 nitrogen and oxygen atoms in total. The summed E-state index contributed by atoms with van der Waals surface area (Å²) in [5.41, 5.74) is 12.5. The maximum atomic E-state index is 13.5. The number of carbonyl (C=O) groups is 1. The Morgan fingerprint density at radius 1 is 0.792 bits per heavy atom. The molecule has 2 heterocycles. The van der Waals surface area contributed by atoms with Gasteiger partial charge in [0.2, 0.25) is 0 Å².